The molecule has 1 amide bonds. The topological polar surface area (TPSA) is 54.6 Å². The van der Waals surface area contributed by atoms with Crippen LogP contribution in [0.15, 0.2) is 76.1 Å². The van der Waals surface area contributed by atoms with Crippen LogP contribution >= 0.6 is 0 Å². The summed E-state index contributed by atoms with van der Waals surface area (Å²) in [7, 11) is 0. The highest BCUT2D eigenvalue weighted by molar-refractivity contribution is 6.05. The quantitative estimate of drug-likeness (QED) is 0.460. The molecule has 0 atom stereocenters. The zero-order chi connectivity index (χ0) is 21.3. The average molecular weight is 400 g/mol. The minimum atomic E-state index is -0.338. The Balaban J connectivity index is 1.86. The van der Waals surface area contributed by atoms with Gasteiger partial charge in [-0.15, -0.1) is 0 Å². The molecule has 4 rings (SSSR count). The summed E-state index contributed by atoms with van der Waals surface area (Å²) < 4.78 is 19.5. The standard InChI is InChI=1S/C25H21FN2O2/c1-15-8-10-21(16(2)12-15)27-24(29)20-14-18-6-4-5-7-23(18)30-25(20)28-22-11-9-19(26)13-17(22)3/h4-14H,1-3H3,(H,27,29). The molecule has 0 aliphatic carbocycles. The molecule has 0 fully saturated rings. The van der Waals surface area contributed by atoms with Gasteiger partial charge in [0.2, 0.25) is 5.55 Å². The van der Waals surface area contributed by atoms with E-state index in [1.54, 1.807) is 19.1 Å². The zero-order valence-corrected chi connectivity index (χ0v) is 17.0. The van der Waals surface area contributed by atoms with Crippen molar-refractivity contribution in [3.05, 3.63) is 100 Å². The lowest BCUT2D eigenvalue weighted by Gasteiger charge is -2.10. The maximum atomic E-state index is 13.5. The molecule has 0 spiro atoms. The lowest BCUT2D eigenvalue weighted by atomic mass is 10.1. The fourth-order valence-corrected chi connectivity index (χ4v) is 3.31. The second kappa shape index (κ2) is 7.95. The van der Waals surface area contributed by atoms with Gasteiger partial charge in [0, 0.05) is 11.1 Å². The van der Waals surface area contributed by atoms with Crippen LogP contribution in [-0.2, 0) is 0 Å². The Morgan fingerprint density at radius 2 is 1.73 bits per heavy atom. The second-order valence-electron chi connectivity index (χ2n) is 7.32. The first-order chi connectivity index (χ1) is 14.4. The Morgan fingerprint density at radius 1 is 0.933 bits per heavy atom. The number of hydrogen-bond acceptors (Lipinski definition) is 3. The minimum Gasteiger partial charge on any atom is -0.438 e. The lowest BCUT2D eigenvalue weighted by Crippen LogP contribution is -2.22. The molecule has 0 aliphatic heterocycles. The van der Waals surface area contributed by atoms with Crippen molar-refractivity contribution in [2.24, 2.45) is 4.99 Å². The molecule has 0 bridgehead atoms. The zero-order valence-electron chi connectivity index (χ0n) is 17.0. The van der Waals surface area contributed by atoms with Crippen LogP contribution in [-0.4, -0.2) is 5.91 Å². The van der Waals surface area contributed by atoms with Crippen LogP contribution in [0.1, 0.15) is 27.0 Å². The van der Waals surface area contributed by atoms with E-state index >= 15 is 0 Å². The van der Waals surface area contributed by atoms with Gasteiger partial charge in [0.1, 0.15) is 17.0 Å². The van der Waals surface area contributed by atoms with E-state index in [0.29, 0.717) is 22.4 Å². The van der Waals surface area contributed by atoms with Crippen LogP contribution in [0.25, 0.3) is 11.0 Å². The van der Waals surface area contributed by atoms with Crippen LogP contribution in [0.4, 0.5) is 15.8 Å². The number of nitrogens with zero attached hydrogens (tertiary/aromatic N) is 1. The van der Waals surface area contributed by atoms with Crippen LogP contribution in [0, 0.1) is 26.6 Å². The third kappa shape index (κ3) is 4.01. The van der Waals surface area contributed by atoms with E-state index in [1.165, 1.54) is 12.1 Å². The number of nitrogens with one attached hydrogen (secondary N) is 1. The second-order valence-corrected chi connectivity index (χ2v) is 7.32. The van der Waals surface area contributed by atoms with Gasteiger partial charge in [0.15, 0.2) is 0 Å². The largest absolute Gasteiger partial charge is 0.438 e. The van der Waals surface area contributed by atoms with Gasteiger partial charge in [-0.25, -0.2) is 9.38 Å². The van der Waals surface area contributed by atoms with Gasteiger partial charge in [-0.05, 0) is 68.3 Å². The predicted octanol–water partition coefficient (Wildman–Crippen LogP) is 5.98. The van der Waals surface area contributed by atoms with Crippen molar-refractivity contribution in [1.29, 1.82) is 0 Å². The van der Waals surface area contributed by atoms with E-state index in [0.717, 1.165) is 22.2 Å². The van der Waals surface area contributed by atoms with Crippen molar-refractivity contribution in [2.45, 2.75) is 20.8 Å². The first kappa shape index (κ1) is 19.6. The van der Waals surface area contributed by atoms with Gasteiger partial charge in [-0.2, -0.15) is 0 Å². The molecular weight excluding hydrogens is 379 g/mol. The maximum absolute atomic E-state index is 13.5. The molecule has 0 aliphatic rings. The first-order valence-electron chi connectivity index (χ1n) is 9.63. The Labute approximate surface area is 173 Å². The van der Waals surface area contributed by atoms with Gasteiger partial charge >= 0.3 is 0 Å². The molecule has 4 aromatic rings. The molecule has 5 heteroatoms. The van der Waals surface area contributed by atoms with E-state index in [-0.39, 0.29) is 17.3 Å². The van der Waals surface area contributed by atoms with E-state index < -0.39 is 0 Å². The summed E-state index contributed by atoms with van der Waals surface area (Å²) in [5, 5.41) is 3.74. The molecule has 0 unspecified atom stereocenters. The summed E-state index contributed by atoms with van der Waals surface area (Å²) >= 11 is 0. The number of para-hydroxylation sites is 1. The molecule has 0 radical (unpaired) electrons. The highest BCUT2D eigenvalue weighted by atomic mass is 19.1. The van der Waals surface area contributed by atoms with Crippen molar-refractivity contribution in [2.75, 3.05) is 5.32 Å². The molecular formula is C25H21FN2O2. The first-order valence-corrected chi connectivity index (χ1v) is 9.63. The van der Waals surface area contributed by atoms with Crippen molar-refractivity contribution in [1.82, 2.24) is 0 Å². The van der Waals surface area contributed by atoms with E-state index in [1.807, 2.05) is 56.3 Å². The number of aryl methyl sites for hydroxylation is 3. The van der Waals surface area contributed by atoms with Crippen molar-refractivity contribution < 1.29 is 13.6 Å². The fraction of sp³-hybridized carbons (Fsp3) is 0.120. The Bertz CT molecular complexity index is 1340. The summed E-state index contributed by atoms with van der Waals surface area (Å²) in [6, 6.07) is 19.3. The third-order valence-corrected chi connectivity index (χ3v) is 4.91. The fourth-order valence-electron chi connectivity index (χ4n) is 3.31. The highest BCUT2D eigenvalue weighted by Crippen LogP contribution is 2.21. The summed E-state index contributed by atoms with van der Waals surface area (Å²) in [5.74, 6) is -0.662. The van der Waals surface area contributed by atoms with Crippen LogP contribution in [0.5, 0.6) is 0 Å². The number of benzene rings is 3. The highest BCUT2D eigenvalue weighted by Gasteiger charge is 2.14. The number of anilines is 1. The van der Waals surface area contributed by atoms with Crippen LogP contribution in [0.2, 0.25) is 0 Å². The van der Waals surface area contributed by atoms with Crippen LogP contribution in [0.3, 0.4) is 0 Å². The van der Waals surface area contributed by atoms with Gasteiger partial charge in [0.05, 0.1) is 5.69 Å². The number of amides is 1. The predicted molar refractivity (Wildman–Crippen MR) is 116 cm³/mol. The molecule has 0 saturated carbocycles. The van der Waals surface area contributed by atoms with E-state index in [9.17, 15) is 9.18 Å². The number of halogens is 1. The van der Waals surface area contributed by atoms with Crippen molar-refractivity contribution in [3.63, 3.8) is 0 Å². The molecule has 1 N–H and O–H groups in total. The third-order valence-electron chi connectivity index (χ3n) is 4.91. The SMILES string of the molecule is Cc1ccc(NC(=O)c2cc3ccccc3oc2=Nc2ccc(F)cc2C)c(C)c1. The Hall–Kier alpha value is -3.73. The van der Waals surface area contributed by atoms with Gasteiger partial charge in [0.25, 0.3) is 5.91 Å². The van der Waals surface area contributed by atoms with Gasteiger partial charge in [-0.1, -0.05) is 35.9 Å². The molecule has 1 aromatic heterocycles. The monoisotopic (exact) mass is 400 g/mol. The molecule has 3 aromatic carbocycles. The lowest BCUT2D eigenvalue weighted by molar-refractivity contribution is 0.102. The Kier molecular flexibility index (Phi) is 5.19. The number of hydrogen-bond donors (Lipinski definition) is 1. The Morgan fingerprint density at radius 3 is 2.50 bits per heavy atom. The van der Waals surface area contributed by atoms with Crippen molar-refractivity contribution in [3.8, 4) is 0 Å². The smallest absolute Gasteiger partial charge is 0.261 e. The van der Waals surface area contributed by atoms with E-state index in [4.69, 9.17) is 4.42 Å². The molecule has 30 heavy (non-hydrogen) atoms. The molecule has 1 heterocycles. The number of carbonyl (C=O) groups excluding carboxylic acids is 1. The normalized spacial score (nSPS) is 11.7. The van der Waals surface area contributed by atoms with Gasteiger partial charge < -0.3 is 9.73 Å². The maximum Gasteiger partial charge on any atom is 0.261 e. The van der Waals surface area contributed by atoms with Crippen LogP contribution < -0.4 is 10.9 Å². The molecule has 150 valence electrons. The summed E-state index contributed by atoms with van der Waals surface area (Å²) in [6.45, 7) is 5.71. The number of rotatable bonds is 3. The summed E-state index contributed by atoms with van der Waals surface area (Å²) in [4.78, 5) is 17.7. The summed E-state index contributed by atoms with van der Waals surface area (Å²) in [6.07, 6.45) is 0. The van der Waals surface area contributed by atoms with Crippen molar-refractivity contribution >= 4 is 28.3 Å². The average Bonchev–Trinajstić information content (AvgIpc) is 2.71. The minimum absolute atomic E-state index is 0.172. The summed E-state index contributed by atoms with van der Waals surface area (Å²) in [5.41, 5.74) is 5.09. The number of carbonyl (C=O) groups is 1. The molecule has 0 saturated heterocycles. The van der Waals surface area contributed by atoms with E-state index in [2.05, 4.69) is 10.3 Å². The molecule has 4 nitrogen and oxygen atoms in total. The number of fused-ring (bicyclic) bond motifs is 1. The van der Waals surface area contributed by atoms with Gasteiger partial charge in [-0.3, -0.25) is 4.79 Å².